The number of thioether (sulfide) groups is 1. The van der Waals surface area contributed by atoms with E-state index in [0.717, 1.165) is 21.7 Å². The van der Waals surface area contributed by atoms with Gasteiger partial charge in [-0.25, -0.2) is 4.99 Å². The van der Waals surface area contributed by atoms with Crippen LogP contribution in [0, 0.1) is 0 Å². The van der Waals surface area contributed by atoms with E-state index in [1.807, 2.05) is 49.9 Å². The molecule has 8 heteroatoms. The number of carbonyl (C=O) groups is 2. The monoisotopic (exact) mass is 542 g/mol. The van der Waals surface area contributed by atoms with Gasteiger partial charge in [-0.15, -0.1) is 11.8 Å². The molecule has 202 valence electrons. The molecule has 0 fully saturated rings. The van der Waals surface area contributed by atoms with Crippen molar-refractivity contribution in [1.29, 1.82) is 0 Å². The number of nitrogens with zero attached hydrogens (tertiary/aromatic N) is 3. The van der Waals surface area contributed by atoms with E-state index < -0.39 is 12.0 Å². The van der Waals surface area contributed by atoms with Crippen LogP contribution in [0.25, 0.3) is 6.08 Å². The fourth-order valence-electron chi connectivity index (χ4n) is 5.24. The zero-order chi connectivity index (χ0) is 27.9. The maximum Gasteiger partial charge on any atom is 0.254 e. The molecule has 1 aromatic heterocycles. The average Bonchev–Trinajstić information content (AvgIpc) is 3.09. The fraction of sp³-hybridized carbons (Fsp3) is 0.258. The number of aryl methyl sites for hydroxylation is 1. The molecule has 2 aromatic rings. The summed E-state index contributed by atoms with van der Waals surface area (Å²) in [6.07, 6.45) is 17.6. The third-order valence-electron chi connectivity index (χ3n) is 7.03. The Kier molecular flexibility index (Phi) is 9.22. The molecule has 0 saturated heterocycles. The second-order valence-corrected chi connectivity index (χ2v) is 10.0. The second kappa shape index (κ2) is 12.8. The number of allylic oxidation sites excluding steroid dienone is 5. The highest BCUT2D eigenvalue weighted by Gasteiger charge is 2.45. The molecule has 1 aliphatic heterocycles. The summed E-state index contributed by atoms with van der Waals surface area (Å²) in [7, 11) is 3.60. The lowest BCUT2D eigenvalue weighted by atomic mass is 9.78. The van der Waals surface area contributed by atoms with E-state index in [1.54, 1.807) is 30.2 Å². The number of benzene rings is 1. The van der Waals surface area contributed by atoms with Crippen molar-refractivity contribution in [1.82, 2.24) is 14.8 Å². The van der Waals surface area contributed by atoms with Gasteiger partial charge in [-0.1, -0.05) is 55.7 Å². The number of carbonyl (C=O) groups excluding carboxylic acids is 2. The number of rotatable bonds is 10. The number of hydrogen-bond donors (Lipinski definition) is 1. The molecule has 7 nitrogen and oxygen atoms in total. The summed E-state index contributed by atoms with van der Waals surface area (Å²) in [6.45, 7) is 8.35. The Morgan fingerprint density at radius 2 is 2.03 bits per heavy atom. The predicted octanol–water partition coefficient (Wildman–Crippen LogP) is 5.17. The van der Waals surface area contributed by atoms with Gasteiger partial charge in [0.05, 0.1) is 30.6 Å². The van der Waals surface area contributed by atoms with Crippen molar-refractivity contribution in [2.45, 2.75) is 18.4 Å². The minimum Gasteiger partial charge on any atom is -0.383 e. The summed E-state index contributed by atoms with van der Waals surface area (Å²) in [5.74, 6) is -1.04. The summed E-state index contributed by atoms with van der Waals surface area (Å²) < 4.78 is 7.44. The third-order valence-corrected chi connectivity index (χ3v) is 7.85. The maximum atomic E-state index is 14.0. The molecule has 2 amide bonds. The van der Waals surface area contributed by atoms with Crippen molar-refractivity contribution in [2.75, 3.05) is 26.5 Å². The van der Waals surface area contributed by atoms with E-state index in [1.165, 1.54) is 18.1 Å². The Balaban J connectivity index is 1.84. The van der Waals surface area contributed by atoms with Crippen LogP contribution in [0.4, 0.5) is 0 Å². The van der Waals surface area contributed by atoms with Crippen molar-refractivity contribution in [3.8, 4) is 0 Å². The Hall–Kier alpha value is -3.88. The van der Waals surface area contributed by atoms with Crippen LogP contribution in [0.5, 0.6) is 0 Å². The predicted molar refractivity (Wildman–Crippen MR) is 160 cm³/mol. The first-order chi connectivity index (χ1) is 19.0. The van der Waals surface area contributed by atoms with E-state index in [4.69, 9.17) is 4.74 Å². The van der Waals surface area contributed by atoms with Gasteiger partial charge in [-0.3, -0.25) is 9.59 Å². The van der Waals surface area contributed by atoms with E-state index in [9.17, 15) is 9.59 Å². The van der Waals surface area contributed by atoms with Gasteiger partial charge < -0.3 is 19.5 Å². The van der Waals surface area contributed by atoms with Crippen LogP contribution >= 0.6 is 11.8 Å². The highest BCUT2D eigenvalue weighted by atomic mass is 32.2. The molecular formula is C31H34N4O3S. The quantitative estimate of drug-likeness (QED) is 0.255. The van der Waals surface area contributed by atoms with Crippen LogP contribution < -0.4 is 5.32 Å². The summed E-state index contributed by atoms with van der Waals surface area (Å²) in [5.41, 5.74) is 4.93. The molecule has 2 aliphatic rings. The van der Waals surface area contributed by atoms with Gasteiger partial charge in [0.1, 0.15) is 0 Å². The van der Waals surface area contributed by atoms with Crippen molar-refractivity contribution in [3.63, 3.8) is 0 Å². The zero-order valence-electron chi connectivity index (χ0n) is 22.6. The lowest BCUT2D eigenvalue weighted by Gasteiger charge is -2.41. The number of fused-ring (bicyclic) bond motifs is 2. The van der Waals surface area contributed by atoms with Gasteiger partial charge in [-0.2, -0.15) is 0 Å². The van der Waals surface area contributed by atoms with Crippen molar-refractivity contribution in [2.24, 2.45) is 12.0 Å². The van der Waals surface area contributed by atoms with Gasteiger partial charge in [0.2, 0.25) is 5.91 Å². The van der Waals surface area contributed by atoms with E-state index in [-0.39, 0.29) is 11.8 Å². The maximum absolute atomic E-state index is 14.0. The molecule has 1 N–H and O–H groups in total. The number of ether oxygens (including phenoxy) is 1. The minimum absolute atomic E-state index is 0.116. The van der Waals surface area contributed by atoms with Crippen LogP contribution in [0.3, 0.4) is 0 Å². The summed E-state index contributed by atoms with van der Waals surface area (Å²) in [5, 5.41) is 2.89. The molecule has 39 heavy (non-hydrogen) atoms. The Labute approximate surface area is 234 Å². The van der Waals surface area contributed by atoms with Crippen molar-refractivity contribution < 1.29 is 14.3 Å². The van der Waals surface area contributed by atoms with E-state index in [0.29, 0.717) is 36.4 Å². The number of methoxy groups -OCH3 is 1. The number of aromatic nitrogens is 1. The first-order valence-electron chi connectivity index (χ1n) is 12.7. The topological polar surface area (TPSA) is 75.9 Å². The van der Waals surface area contributed by atoms with Crippen LogP contribution in [0.1, 0.15) is 44.7 Å². The molecule has 2 atom stereocenters. The third kappa shape index (κ3) is 5.62. The van der Waals surface area contributed by atoms with Crippen LogP contribution in [-0.4, -0.2) is 54.1 Å². The summed E-state index contributed by atoms with van der Waals surface area (Å²) in [6, 6.07) is 6.82. The Bertz CT molecular complexity index is 1400. The first-order valence-corrected chi connectivity index (χ1v) is 13.9. The normalized spacial score (nSPS) is 18.8. The molecule has 0 bridgehead atoms. The summed E-state index contributed by atoms with van der Waals surface area (Å²) >= 11 is 1.50. The molecule has 1 aromatic carbocycles. The summed E-state index contributed by atoms with van der Waals surface area (Å²) in [4.78, 5) is 34.9. The Morgan fingerprint density at radius 3 is 2.74 bits per heavy atom. The van der Waals surface area contributed by atoms with E-state index >= 15 is 0 Å². The number of nitrogens with one attached hydrogen (secondary N) is 1. The van der Waals surface area contributed by atoms with E-state index in [2.05, 4.69) is 40.2 Å². The van der Waals surface area contributed by atoms with Gasteiger partial charge in [0.15, 0.2) is 0 Å². The second-order valence-electron chi connectivity index (χ2n) is 9.18. The molecule has 0 saturated carbocycles. The standard InChI is InChI=1S/C31H34N4O3S/c1-6-25(27(7-2)39-5)32-20-33-30(36)28-22-14-11-12-15-23(22)31(37)35(17-18-38-4)29(28)24-19-34(3)26-16-10-8-9-13-21(24)26/h6-12,14-16,19-20,28-29H,1-2,13,17-18H2,3-5H3,(H,32,33,36)/b27-25-. The van der Waals surface area contributed by atoms with Gasteiger partial charge in [0, 0.05) is 43.1 Å². The smallest absolute Gasteiger partial charge is 0.254 e. The number of hydrogen-bond acceptors (Lipinski definition) is 5. The largest absolute Gasteiger partial charge is 0.383 e. The van der Waals surface area contributed by atoms with Crippen LogP contribution in [-0.2, 0) is 23.0 Å². The Morgan fingerprint density at radius 1 is 1.23 bits per heavy atom. The minimum atomic E-state index is -0.666. The molecule has 0 radical (unpaired) electrons. The lowest BCUT2D eigenvalue weighted by Crippen LogP contribution is -2.48. The van der Waals surface area contributed by atoms with Crippen LogP contribution in [0.2, 0.25) is 0 Å². The molecule has 0 spiro atoms. The number of amides is 2. The molecular weight excluding hydrogens is 508 g/mol. The molecule has 4 rings (SSSR count). The van der Waals surface area contributed by atoms with Crippen molar-refractivity contribution >= 4 is 36.0 Å². The highest BCUT2D eigenvalue weighted by molar-refractivity contribution is 8.02. The molecule has 2 heterocycles. The zero-order valence-corrected chi connectivity index (χ0v) is 23.4. The lowest BCUT2D eigenvalue weighted by molar-refractivity contribution is -0.122. The SMILES string of the molecule is C=C/C(N=CNC(=O)C1c2ccccc2C(=O)N(CCOC)C1c1cn(C)c2c1CC=CC=C2)=C(\C=C)SC. The fourth-order valence-corrected chi connectivity index (χ4v) is 5.76. The first kappa shape index (κ1) is 28.1. The van der Waals surface area contributed by atoms with Gasteiger partial charge >= 0.3 is 0 Å². The average molecular weight is 543 g/mol. The molecule has 1 aliphatic carbocycles. The van der Waals surface area contributed by atoms with Crippen molar-refractivity contribution in [3.05, 3.63) is 113 Å². The van der Waals surface area contributed by atoms with Gasteiger partial charge in [-0.05, 0) is 47.6 Å². The highest BCUT2D eigenvalue weighted by Crippen LogP contribution is 2.45. The number of aliphatic imine (C=N–C) groups is 1. The van der Waals surface area contributed by atoms with Gasteiger partial charge in [0.25, 0.3) is 5.91 Å². The molecule has 2 unspecified atom stereocenters. The van der Waals surface area contributed by atoms with Crippen LogP contribution in [0.15, 0.2) is 89.6 Å².